The Morgan fingerprint density at radius 1 is 1.33 bits per heavy atom. The molecule has 1 aliphatic heterocycles. The van der Waals surface area contributed by atoms with Gasteiger partial charge in [-0.1, -0.05) is 25.8 Å². The van der Waals surface area contributed by atoms with Crippen LogP contribution in [-0.2, 0) is 9.53 Å². The van der Waals surface area contributed by atoms with Crippen LogP contribution >= 0.6 is 0 Å². The average molecular weight is 329 g/mol. The molecule has 0 spiro atoms. The minimum Gasteiger partial charge on any atom is -0.465 e. The Balaban J connectivity index is 1.95. The first-order valence-electron chi connectivity index (χ1n) is 9.36. The number of esters is 1. The van der Waals surface area contributed by atoms with E-state index in [4.69, 9.17) is 4.74 Å². The fraction of sp³-hybridized carbons (Fsp3) is 0.667. The van der Waals surface area contributed by atoms with E-state index in [0.29, 0.717) is 5.57 Å². The molecule has 3 heteroatoms. The number of rotatable bonds is 4. The van der Waals surface area contributed by atoms with Gasteiger partial charge in [0.25, 0.3) is 0 Å². The molecule has 3 aliphatic rings. The normalized spacial score (nSPS) is 26.9. The fourth-order valence-electron chi connectivity index (χ4n) is 4.54. The van der Waals surface area contributed by atoms with Gasteiger partial charge in [-0.25, -0.2) is 4.79 Å². The minimum absolute atomic E-state index is 0.188. The molecule has 0 aromatic rings. The van der Waals surface area contributed by atoms with Crippen LogP contribution in [0.25, 0.3) is 0 Å². The highest BCUT2D eigenvalue weighted by molar-refractivity contribution is 5.92. The minimum atomic E-state index is -0.230. The van der Waals surface area contributed by atoms with Gasteiger partial charge in [-0.2, -0.15) is 0 Å². The standard InChI is InChI=1S/C21H31NO2/c1-15-7-6-11-21(2,3)19(15)18-13-17(20(23)24-4)10-12-22(18)14-16-8-5-9-16/h10,12-13,16,18H,5-9,11,14H2,1-4H3. The first-order chi connectivity index (χ1) is 11.4. The molecule has 3 nitrogen and oxygen atoms in total. The highest BCUT2D eigenvalue weighted by Gasteiger charge is 2.37. The number of methoxy groups -OCH3 is 1. The topological polar surface area (TPSA) is 29.5 Å². The summed E-state index contributed by atoms with van der Waals surface area (Å²) in [7, 11) is 1.46. The summed E-state index contributed by atoms with van der Waals surface area (Å²) in [5, 5.41) is 0. The van der Waals surface area contributed by atoms with Crippen LogP contribution in [0.15, 0.2) is 35.1 Å². The van der Waals surface area contributed by atoms with Gasteiger partial charge in [0.1, 0.15) is 0 Å². The molecule has 0 saturated heterocycles. The summed E-state index contributed by atoms with van der Waals surface area (Å²) in [6.07, 6.45) is 13.9. The zero-order valence-corrected chi connectivity index (χ0v) is 15.6. The average Bonchev–Trinajstić information content (AvgIpc) is 2.50. The maximum Gasteiger partial charge on any atom is 0.337 e. The first-order valence-corrected chi connectivity index (χ1v) is 9.36. The lowest BCUT2D eigenvalue weighted by atomic mass is 9.69. The van der Waals surface area contributed by atoms with Crippen molar-refractivity contribution in [3.8, 4) is 0 Å². The lowest BCUT2D eigenvalue weighted by Crippen LogP contribution is -2.43. The summed E-state index contributed by atoms with van der Waals surface area (Å²) in [5.41, 5.74) is 3.90. The molecule has 1 unspecified atom stereocenters. The highest BCUT2D eigenvalue weighted by Crippen LogP contribution is 2.44. The molecule has 1 atom stereocenters. The monoisotopic (exact) mass is 329 g/mol. The number of carbonyl (C=O) groups is 1. The largest absolute Gasteiger partial charge is 0.465 e. The summed E-state index contributed by atoms with van der Waals surface area (Å²) < 4.78 is 4.96. The second-order valence-corrected chi connectivity index (χ2v) is 8.30. The van der Waals surface area contributed by atoms with Crippen molar-refractivity contribution in [2.75, 3.05) is 13.7 Å². The maximum absolute atomic E-state index is 12.1. The van der Waals surface area contributed by atoms with Gasteiger partial charge in [0, 0.05) is 12.7 Å². The third-order valence-electron chi connectivity index (χ3n) is 6.09. The molecule has 0 aromatic carbocycles. The number of hydrogen-bond acceptors (Lipinski definition) is 3. The van der Waals surface area contributed by atoms with E-state index in [1.54, 1.807) is 0 Å². The maximum atomic E-state index is 12.1. The summed E-state index contributed by atoms with van der Waals surface area (Å²) in [4.78, 5) is 14.5. The Bertz CT molecular complexity index is 593. The SMILES string of the molecule is COC(=O)C1=CC(C2=C(C)CCCC2(C)C)N(CC2CCC2)C=C1. The predicted molar refractivity (Wildman–Crippen MR) is 97.4 cm³/mol. The third kappa shape index (κ3) is 3.31. The van der Waals surface area contributed by atoms with Crippen LogP contribution in [0.5, 0.6) is 0 Å². The van der Waals surface area contributed by atoms with E-state index < -0.39 is 0 Å². The number of carbonyl (C=O) groups excluding carboxylic acids is 1. The van der Waals surface area contributed by atoms with E-state index in [1.165, 1.54) is 56.8 Å². The Hall–Kier alpha value is -1.51. The number of ether oxygens (including phenoxy) is 1. The van der Waals surface area contributed by atoms with Crippen LogP contribution in [0.2, 0.25) is 0 Å². The van der Waals surface area contributed by atoms with E-state index >= 15 is 0 Å². The van der Waals surface area contributed by atoms with Crippen molar-refractivity contribution < 1.29 is 9.53 Å². The number of nitrogens with zero attached hydrogens (tertiary/aromatic N) is 1. The van der Waals surface area contributed by atoms with E-state index in [0.717, 1.165) is 12.5 Å². The van der Waals surface area contributed by atoms with Crippen molar-refractivity contribution in [3.63, 3.8) is 0 Å². The molecular weight excluding hydrogens is 298 g/mol. The zero-order valence-electron chi connectivity index (χ0n) is 15.6. The molecule has 0 bridgehead atoms. The van der Waals surface area contributed by atoms with Gasteiger partial charge in [0.05, 0.1) is 18.7 Å². The molecule has 0 amide bonds. The van der Waals surface area contributed by atoms with E-state index in [1.807, 2.05) is 6.08 Å². The van der Waals surface area contributed by atoms with Gasteiger partial charge < -0.3 is 9.64 Å². The van der Waals surface area contributed by atoms with Crippen molar-refractivity contribution in [1.82, 2.24) is 4.90 Å². The lowest BCUT2D eigenvalue weighted by Gasteiger charge is -2.45. The second-order valence-electron chi connectivity index (χ2n) is 8.30. The van der Waals surface area contributed by atoms with Crippen LogP contribution in [0.4, 0.5) is 0 Å². The molecule has 0 radical (unpaired) electrons. The number of allylic oxidation sites excluding steroid dienone is 1. The van der Waals surface area contributed by atoms with Crippen molar-refractivity contribution in [2.24, 2.45) is 11.3 Å². The highest BCUT2D eigenvalue weighted by atomic mass is 16.5. The predicted octanol–water partition coefficient (Wildman–Crippen LogP) is 4.61. The summed E-state index contributed by atoms with van der Waals surface area (Å²) in [6, 6.07) is 0.194. The molecule has 2 aliphatic carbocycles. The molecule has 1 heterocycles. The van der Waals surface area contributed by atoms with Gasteiger partial charge in [0.15, 0.2) is 0 Å². The van der Waals surface area contributed by atoms with Crippen LogP contribution in [0.3, 0.4) is 0 Å². The van der Waals surface area contributed by atoms with Crippen molar-refractivity contribution >= 4 is 5.97 Å². The van der Waals surface area contributed by atoms with Gasteiger partial charge in [-0.15, -0.1) is 0 Å². The lowest BCUT2D eigenvalue weighted by molar-refractivity contribution is -0.135. The molecule has 132 valence electrons. The second kappa shape index (κ2) is 6.78. The van der Waals surface area contributed by atoms with Gasteiger partial charge in [-0.05, 0) is 68.1 Å². The van der Waals surface area contributed by atoms with E-state index in [9.17, 15) is 4.79 Å². The number of hydrogen-bond donors (Lipinski definition) is 0. The Morgan fingerprint density at radius 3 is 2.67 bits per heavy atom. The molecule has 3 rings (SSSR count). The Kier molecular flexibility index (Phi) is 4.89. The van der Waals surface area contributed by atoms with Crippen molar-refractivity contribution in [1.29, 1.82) is 0 Å². The summed E-state index contributed by atoms with van der Waals surface area (Å²) >= 11 is 0. The molecule has 24 heavy (non-hydrogen) atoms. The molecule has 1 saturated carbocycles. The smallest absolute Gasteiger partial charge is 0.337 e. The fourth-order valence-corrected chi connectivity index (χ4v) is 4.54. The van der Waals surface area contributed by atoms with Crippen molar-refractivity contribution in [2.45, 2.75) is 65.3 Å². The Labute approximate surface area is 146 Å². The third-order valence-corrected chi connectivity index (χ3v) is 6.09. The Morgan fingerprint density at radius 2 is 2.08 bits per heavy atom. The molecule has 1 fully saturated rings. The first kappa shape index (κ1) is 17.3. The van der Waals surface area contributed by atoms with Crippen LogP contribution in [-0.4, -0.2) is 30.6 Å². The van der Waals surface area contributed by atoms with E-state index in [2.05, 4.69) is 37.9 Å². The summed E-state index contributed by atoms with van der Waals surface area (Å²) in [6.45, 7) is 8.09. The van der Waals surface area contributed by atoms with Crippen LogP contribution in [0, 0.1) is 11.3 Å². The van der Waals surface area contributed by atoms with Crippen LogP contribution < -0.4 is 0 Å². The van der Waals surface area contributed by atoms with Gasteiger partial charge in [-0.3, -0.25) is 0 Å². The molecule has 0 aromatic heterocycles. The zero-order chi connectivity index (χ0) is 17.3. The quantitative estimate of drug-likeness (QED) is 0.557. The van der Waals surface area contributed by atoms with Gasteiger partial charge in [0.2, 0.25) is 0 Å². The molecule has 0 N–H and O–H groups in total. The van der Waals surface area contributed by atoms with Crippen molar-refractivity contribution in [3.05, 3.63) is 35.1 Å². The molecular formula is C21H31NO2. The van der Waals surface area contributed by atoms with E-state index in [-0.39, 0.29) is 17.4 Å². The van der Waals surface area contributed by atoms with Crippen LogP contribution in [0.1, 0.15) is 59.3 Å². The summed E-state index contributed by atoms with van der Waals surface area (Å²) in [5.74, 6) is 0.573. The van der Waals surface area contributed by atoms with Gasteiger partial charge >= 0.3 is 5.97 Å².